The van der Waals surface area contributed by atoms with Gasteiger partial charge < -0.3 is 17.1 Å². The van der Waals surface area contributed by atoms with Gasteiger partial charge >= 0.3 is 36.0 Å². The molecule has 0 aromatic rings. The Bertz CT molecular complexity index is 63.2. The van der Waals surface area contributed by atoms with Gasteiger partial charge in [-0.05, 0) is 0 Å². The van der Waals surface area contributed by atoms with Gasteiger partial charge in [0.05, 0.1) is 0 Å². The normalized spacial score (nSPS) is 11.1. The van der Waals surface area contributed by atoms with Crippen LogP contribution in [0.15, 0.2) is 0 Å². The van der Waals surface area contributed by atoms with Gasteiger partial charge in [-0.25, -0.2) is 4.67 Å². The summed E-state index contributed by atoms with van der Waals surface area (Å²) in [6.07, 6.45) is 0. The van der Waals surface area contributed by atoms with Crippen molar-refractivity contribution in [2.24, 2.45) is 0 Å². The van der Waals surface area contributed by atoms with Crippen molar-refractivity contribution in [2.75, 3.05) is 0 Å². The first-order chi connectivity index (χ1) is 3.27. The van der Waals surface area contributed by atoms with Crippen LogP contribution in [0.5, 0.6) is 0 Å². The van der Waals surface area contributed by atoms with Crippen LogP contribution in [0.1, 0.15) is 0 Å². The van der Waals surface area contributed by atoms with E-state index < -0.39 is 7.23 Å². The van der Waals surface area contributed by atoms with E-state index in [1.807, 2.05) is 0 Å². The van der Waals surface area contributed by atoms with E-state index >= 15 is 0 Å². The van der Waals surface area contributed by atoms with Gasteiger partial charge in [0.1, 0.15) is 7.57 Å². The Morgan fingerprint density at radius 1 is 1.75 bits per heavy atom. The molecule has 0 heterocycles. The second-order valence-electron chi connectivity index (χ2n) is 0.552. The number of hydrogen-bond acceptors (Lipinski definition) is 4. The summed E-state index contributed by atoms with van der Waals surface area (Å²) in [5.41, 5.74) is 0. The molecule has 0 saturated carbocycles. The van der Waals surface area contributed by atoms with Crippen LogP contribution in [0.3, 0.4) is 0 Å². The van der Waals surface area contributed by atoms with Gasteiger partial charge in [-0.1, -0.05) is 0 Å². The maximum Gasteiger partial charge on any atom is 1.00 e. The third-order valence-electron chi connectivity index (χ3n) is 0.156. The number of carbonyl (C=O) groups is 1. The van der Waals surface area contributed by atoms with Gasteiger partial charge in [-0.2, -0.15) is 0 Å². The molecule has 0 fully saturated rings. The molecular weight excluding hydrogens is 157 g/mol. The van der Waals surface area contributed by atoms with Crippen molar-refractivity contribution in [3.05, 3.63) is 0 Å². The fourth-order valence-corrected chi connectivity index (χ4v) is 0.285. The summed E-state index contributed by atoms with van der Waals surface area (Å²) >= 11 is 4.28. The van der Waals surface area contributed by atoms with Crippen molar-refractivity contribution < 1.29 is 43.9 Å². The maximum atomic E-state index is 9.27. The summed E-state index contributed by atoms with van der Waals surface area (Å²) in [6, 6.07) is 0. The average molecular weight is 158 g/mol. The fraction of sp³-hybridized carbons (Fsp3) is 0. The van der Waals surface area contributed by atoms with Crippen molar-refractivity contribution in [3.63, 3.8) is 0 Å². The standard InChI is InChI=1S/CHBO3PS.Na/c2-6(7)5-4-1-3;/h1H;/q-1;+1. The summed E-state index contributed by atoms with van der Waals surface area (Å²) < 4.78 is 3.98. The van der Waals surface area contributed by atoms with E-state index in [9.17, 15) is 4.79 Å². The Morgan fingerprint density at radius 2 is 2.25 bits per heavy atom. The van der Waals surface area contributed by atoms with Crippen LogP contribution in [0.2, 0.25) is 0 Å². The minimum Gasteiger partial charge on any atom is -0.736 e. The minimum atomic E-state index is -1.48. The molecule has 0 aromatic heterocycles. The Labute approximate surface area is 77.1 Å². The number of carbonyl (C=O) groups excluding carboxylic acids is 1. The minimum absolute atomic E-state index is 0. The van der Waals surface area contributed by atoms with Gasteiger partial charge in [0.15, 0.2) is 0 Å². The fourth-order valence-electron chi connectivity index (χ4n) is 0.0600. The molecule has 8 heavy (non-hydrogen) atoms. The van der Waals surface area contributed by atoms with E-state index in [0.717, 1.165) is 0 Å². The molecule has 38 valence electrons. The quantitative estimate of drug-likeness (QED) is 0.110. The largest absolute Gasteiger partial charge is 1.00 e. The average Bonchev–Trinajstić information content (AvgIpc) is 1.61. The molecule has 0 amide bonds. The summed E-state index contributed by atoms with van der Waals surface area (Å²) in [6.45, 7) is 0.120. The van der Waals surface area contributed by atoms with E-state index in [4.69, 9.17) is 7.57 Å². The maximum absolute atomic E-state index is 9.27. The van der Waals surface area contributed by atoms with Crippen LogP contribution in [0.25, 0.3) is 0 Å². The van der Waals surface area contributed by atoms with Crippen LogP contribution in [-0.2, 0) is 26.6 Å². The zero-order chi connectivity index (χ0) is 5.70. The second-order valence-corrected chi connectivity index (χ2v) is 2.35. The van der Waals surface area contributed by atoms with Crippen LogP contribution >= 0.6 is 7.23 Å². The molecule has 0 aliphatic rings. The van der Waals surface area contributed by atoms with Crippen molar-refractivity contribution in [1.29, 1.82) is 0 Å². The van der Waals surface area contributed by atoms with Crippen molar-refractivity contribution in [3.8, 4) is 0 Å². The smallest absolute Gasteiger partial charge is 0.736 e. The second kappa shape index (κ2) is 8.27. The molecule has 0 aromatic carbocycles. The van der Waals surface area contributed by atoms with E-state index in [1.165, 1.54) is 0 Å². The Hall–Kier alpha value is 1.27. The molecule has 1 unspecified atom stereocenters. The van der Waals surface area contributed by atoms with E-state index in [-0.39, 0.29) is 36.0 Å². The molecular formula is CHBNaO3PS. The molecule has 1 atom stereocenters. The molecule has 0 aliphatic heterocycles. The monoisotopic (exact) mass is 158 g/mol. The molecule has 2 radical (unpaired) electrons. The summed E-state index contributed by atoms with van der Waals surface area (Å²) in [5.74, 6) is 0. The topological polar surface area (TPSA) is 35.5 Å². The first kappa shape index (κ1) is 12.0. The van der Waals surface area contributed by atoms with Gasteiger partial charge in [0.2, 0.25) is 0 Å². The molecule has 0 N–H and O–H groups in total. The number of rotatable bonds is 3. The van der Waals surface area contributed by atoms with E-state index in [0.29, 0.717) is 0 Å². The summed E-state index contributed by atoms with van der Waals surface area (Å²) in [7, 11) is 3.38. The zero-order valence-electron chi connectivity index (χ0n) is 4.23. The third kappa shape index (κ3) is 10.3. The Morgan fingerprint density at radius 3 is 2.38 bits per heavy atom. The Balaban J connectivity index is 0. The molecule has 0 spiro atoms. The zero-order valence-corrected chi connectivity index (χ0v) is 7.95. The first-order valence-corrected chi connectivity index (χ1v) is 3.60. The van der Waals surface area contributed by atoms with Crippen molar-refractivity contribution >= 4 is 33.5 Å². The van der Waals surface area contributed by atoms with Crippen molar-refractivity contribution in [1.82, 2.24) is 0 Å². The van der Waals surface area contributed by atoms with E-state index in [1.54, 1.807) is 0 Å². The van der Waals surface area contributed by atoms with Gasteiger partial charge in [0.25, 0.3) is 0 Å². The molecule has 0 rings (SSSR count). The predicted molar refractivity (Wildman–Crippen MR) is 28.3 cm³/mol. The molecule has 0 aliphatic carbocycles. The molecule has 3 nitrogen and oxygen atoms in total. The van der Waals surface area contributed by atoms with Crippen LogP contribution in [0.4, 0.5) is 0 Å². The van der Waals surface area contributed by atoms with Crippen LogP contribution < -0.4 is 29.6 Å². The molecule has 0 saturated heterocycles. The van der Waals surface area contributed by atoms with Crippen LogP contribution in [0, 0.1) is 0 Å². The van der Waals surface area contributed by atoms with Crippen LogP contribution in [-0.4, -0.2) is 14.0 Å². The molecule has 0 bridgehead atoms. The predicted octanol–water partition coefficient (Wildman–Crippen LogP) is -2.96. The Kier molecular flexibility index (Phi) is 12.4. The number of hydrogen-bond donors (Lipinski definition) is 0. The van der Waals surface area contributed by atoms with Crippen molar-refractivity contribution in [2.45, 2.75) is 0 Å². The van der Waals surface area contributed by atoms with Gasteiger partial charge in [-0.15, -0.1) is 7.23 Å². The third-order valence-corrected chi connectivity index (χ3v) is 0.571. The summed E-state index contributed by atoms with van der Waals surface area (Å²) in [5, 5.41) is 0. The van der Waals surface area contributed by atoms with Gasteiger partial charge in [-0.3, -0.25) is 4.79 Å². The first-order valence-electron chi connectivity index (χ1n) is 1.26. The van der Waals surface area contributed by atoms with E-state index in [2.05, 4.69) is 21.8 Å². The summed E-state index contributed by atoms with van der Waals surface area (Å²) in [4.78, 5) is 13.0. The SMILES string of the molecule is [B]P([S-])OOC=O.[Na+]. The van der Waals surface area contributed by atoms with Gasteiger partial charge in [0, 0.05) is 0 Å². The molecule has 7 heteroatoms.